The molecule has 0 radical (unpaired) electrons. The molecular weight excluding hydrogens is 429 g/mol. The summed E-state index contributed by atoms with van der Waals surface area (Å²) in [5, 5.41) is 4.95. The van der Waals surface area contributed by atoms with E-state index in [0.29, 0.717) is 0 Å². The molecule has 0 spiro atoms. The highest BCUT2D eigenvalue weighted by atomic mass is 35.5. The van der Waals surface area contributed by atoms with Crippen molar-refractivity contribution in [1.29, 1.82) is 0 Å². The number of alkyl halides is 3. The molecule has 1 atom stereocenters. The molecule has 0 bridgehead atoms. The summed E-state index contributed by atoms with van der Waals surface area (Å²) in [4.78, 5) is 35.9. The minimum absolute atomic E-state index is 0.172. The van der Waals surface area contributed by atoms with Gasteiger partial charge in [-0.1, -0.05) is 23.7 Å². The minimum atomic E-state index is -4.82. The summed E-state index contributed by atoms with van der Waals surface area (Å²) in [5.74, 6) is -2.62. The molecule has 0 aliphatic heterocycles. The molecule has 1 unspecified atom stereocenters. The fourth-order valence-electron chi connectivity index (χ4n) is 2.18. The van der Waals surface area contributed by atoms with Gasteiger partial charge in [0.15, 0.2) is 6.61 Å². The Morgan fingerprint density at radius 1 is 1.07 bits per heavy atom. The summed E-state index contributed by atoms with van der Waals surface area (Å²) in [6.07, 6.45) is -4.82. The summed E-state index contributed by atoms with van der Waals surface area (Å²) >= 11 is 5.91. The highest BCUT2D eigenvalue weighted by Gasteiger charge is 2.31. The van der Waals surface area contributed by atoms with Gasteiger partial charge in [0.25, 0.3) is 11.8 Å². The van der Waals surface area contributed by atoms with Gasteiger partial charge in [0.2, 0.25) is 0 Å². The fourth-order valence-corrected chi connectivity index (χ4v) is 2.40. The molecule has 7 nitrogen and oxygen atoms in total. The second kappa shape index (κ2) is 9.97. The van der Waals surface area contributed by atoms with Gasteiger partial charge in [-0.05, 0) is 43.3 Å². The van der Waals surface area contributed by atoms with E-state index in [4.69, 9.17) is 16.3 Å². The smallest absolute Gasteiger partial charge is 0.454 e. The summed E-state index contributed by atoms with van der Waals surface area (Å²) in [5.41, 5.74) is 0.347. The van der Waals surface area contributed by atoms with Crippen LogP contribution in [0.2, 0.25) is 5.02 Å². The van der Waals surface area contributed by atoms with Crippen molar-refractivity contribution in [3.05, 3.63) is 59.1 Å². The van der Waals surface area contributed by atoms with Crippen molar-refractivity contribution in [2.45, 2.75) is 19.3 Å². The van der Waals surface area contributed by atoms with E-state index in [1.807, 2.05) is 0 Å². The maximum atomic E-state index is 12.1. The molecule has 2 amide bonds. The number of carbonyl (C=O) groups is 3. The zero-order chi connectivity index (χ0) is 22.3. The van der Waals surface area contributed by atoms with E-state index in [1.54, 1.807) is 12.1 Å². The molecule has 30 heavy (non-hydrogen) atoms. The van der Waals surface area contributed by atoms with E-state index in [2.05, 4.69) is 15.4 Å². The molecular formula is C19H16ClF3N2O5. The average molecular weight is 445 g/mol. The van der Waals surface area contributed by atoms with Gasteiger partial charge >= 0.3 is 12.3 Å². The Balaban J connectivity index is 1.80. The van der Waals surface area contributed by atoms with Gasteiger partial charge in [-0.15, -0.1) is 13.2 Å². The Labute approximate surface area is 174 Å². The lowest BCUT2D eigenvalue weighted by molar-refractivity contribution is -0.274. The van der Waals surface area contributed by atoms with E-state index in [1.165, 1.54) is 31.2 Å². The molecule has 11 heteroatoms. The van der Waals surface area contributed by atoms with E-state index in [9.17, 15) is 27.6 Å². The standard InChI is InChI=1S/C19H16ClF3N2O5/c1-11(24-17(27)14-4-2-3-5-15(14)20)18(28)29-10-16(26)25-12-6-8-13(9-7-12)30-19(21,22)23/h2-9,11H,10H2,1H3,(H,24,27)(H,25,26). The van der Waals surface area contributed by atoms with Crippen LogP contribution in [0, 0.1) is 0 Å². The van der Waals surface area contributed by atoms with Crippen molar-refractivity contribution in [2.75, 3.05) is 11.9 Å². The van der Waals surface area contributed by atoms with Gasteiger partial charge in [-0.2, -0.15) is 0 Å². The monoisotopic (exact) mass is 444 g/mol. The van der Waals surface area contributed by atoms with Crippen LogP contribution in [0.4, 0.5) is 18.9 Å². The number of carbonyl (C=O) groups excluding carboxylic acids is 3. The first-order valence-electron chi connectivity index (χ1n) is 8.43. The van der Waals surface area contributed by atoms with Crippen LogP contribution in [0.1, 0.15) is 17.3 Å². The van der Waals surface area contributed by atoms with Crippen LogP contribution >= 0.6 is 11.6 Å². The number of halogens is 4. The van der Waals surface area contributed by atoms with Crippen LogP contribution in [-0.4, -0.2) is 36.8 Å². The summed E-state index contributed by atoms with van der Waals surface area (Å²) in [6.45, 7) is 0.709. The molecule has 160 valence electrons. The van der Waals surface area contributed by atoms with Crippen LogP contribution in [0.15, 0.2) is 48.5 Å². The molecule has 0 saturated heterocycles. The van der Waals surface area contributed by atoms with Crippen molar-refractivity contribution in [1.82, 2.24) is 5.32 Å². The van der Waals surface area contributed by atoms with Crippen LogP contribution in [-0.2, 0) is 14.3 Å². The summed E-state index contributed by atoms with van der Waals surface area (Å²) < 4.78 is 44.9. The lowest BCUT2D eigenvalue weighted by Gasteiger charge is -2.14. The number of anilines is 1. The molecule has 2 N–H and O–H groups in total. The second-order valence-electron chi connectivity index (χ2n) is 5.90. The van der Waals surface area contributed by atoms with E-state index in [-0.39, 0.29) is 16.3 Å². The topological polar surface area (TPSA) is 93.7 Å². The van der Waals surface area contributed by atoms with E-state index < -0.39 is 42.5 Å². The Hall–Kier alpha value is -3.27. The molecule has 0 aliphatic carbocycles. The Bertz CT molecular complexity index is 919. The third-order valence-corrected chi connectivity index (χ3v) is 3.87. The molecule has 2 aromatic rings. The number of benzene rings is 2. The summed E-state index contributed by atoms with van der Waals surface area (Å²) in [7, 11) is 0. The van der Waals surface area contributed by atoms with Crippen LogP contribution < -0.4 is 15.4 Å². The van der Waals surface area contributed by atoms with Gasteiger partial charge in [0.1, 0.15) is 11.8 Å². The first-order valence-corrected chi connectivity index (χ1v) is 8.80. The van der Waals surface area contributed by atoms with Crippen molar-refractivity contribution in [2.24, 2.45) is 0 Å². The molecule has 0 fully saturated rings. The number of nitrogens with one attached hydrogen (secondary N) is 2. The highest BCUT2D eigenvalue weighted by Crippen LogP contribution is 2.23. The SMILES string of the molecule is CC(NC(=O)c1ccccc1Cl)C(=O)OCC(=O)Nc1ccc(OC(F)(F)F)cc1. The maximum Gasteiger partial charge on any atom is 0.573 e. The van der Waals surface area contributed by atoms with Crippen molar-refractivity contribution in [3.63, 3.8) is 0 Å². The lowest BCUT2D eigenvalue weighted by atomic mass is 10.2. The molecule has 2 rings (SSSR count). The third-order valence-electron chi connectivity index (χ3n) is 3.54. The Morgan fingerprint density at radius 3 is 2.30 bits per heavy atom. The first-order chi connectivity index (χ1) is 14.0. The number of rotatable bonds is 7. The Kier molecular flexibility index (Phi) is 7.65. The lowest BCUT2D eigenvalue weighted by Crippen LogP contribution is -2.40. The zero-order valence-corrected chi connectivity index (χ0v) is 16.2. The molecule has 0 aliphatic rings. The Morgan fingerprint density at radius 2 is 1.70 bits per heavy atom. The first kappa shape index (κ1) is 23.0. The number of amides is 2. The maximum absolute atomic E-state index is 12.1. The number of hydrogen-bond donors (Lipinski definition) is 2. The number of ether oxygens (including phenoxy) is 2. The van der Waals surface area contributed by atoms with Crippen LogP contribution in [0.3, 0.4) is 0 Å². The van der Waals surface area contributed by atoms with Crippen molar-refractivity contribution >= 4 is 35.1 Å². The average Bonchev–Trinajstić information content (AvgIpc) is 2.66. The van der Waals surface area contributed by atoms with Crippen LogP contribution in [0.5, 0.6) is 5.75 Å². The highest BCUT2D eigenvalue weighted by molar-refractivity contribution is 6.33. The van der Waals surface area contributed by atoms with Crippen molar-refractivity contribution in [3.8, 4) is 5.75 Å². The molecule has 0 heterocycles. The van der Waals surface area contributed by atoms with E-state index in [0.717, 1.165) is 12.1 Å². The minimum Gasteiger partial charge on any atom is -0.454 e. The van der Waals surface area contributed by atoms with Gasteiger partial charge < -0.3 is 20.1 Å². The van der Waals surface area contributed by atoms with Gasteiger partial charge in [-0.25, -0.2) is 4.79 Å². The van der Waals surface area contributed by atoms with Gasteiger partial charge in [0.05, 0.1) is 10.6 Å². The predicted octanol–water partition coefficient (Wildman–Crippen LogP) is 3.54. The summed E-state index contributed by atoms with van der Waals surface area (Å²) in [6, 6.07) is 9.60. The molecule has 2 aromatic carbocycles. The third kappa shape index (κ3) is 7.28. The van der Waals surface area contributed by atoms with Gasteiger partial charge in [-0.3, -0.25) is 9.59 Å². The van der Waals surface area contributed by atoms with E-state index >= 15 is 0 Å². The van der Waals surface area contributed by atoms with Crippen LogP contribution in [0.25, 0.3) is 0 Å². The number of esters is 1. The van der Waals surface area contributed by atoms with Gasteiger partial charge in [0, 0.05) is 5.69 Å². The number of hydrogen-bond acceptors (Lipinski definition) is 5. The fraction of sp³-hybridized carbons (Fsp3) is 0.211. The normalized spacial score (nSPS) is 11.9. The molecule has 0 aromatic heterocycles. The zero-order valence-electron chi connectivity index (χ0n) is 15.5. The predicted molar refractivity (Wildman–Crippen MR) is 101 cm³/mol. The second-order valence-corrected chi connectivity index (χ2v) is 6.31. The van der Waals surface area contributed by atoms with Crippen molar-refractivity contribution < 1.29 is 37.0 Å². The quantitative estimate of drug-likeness (QED) is 0.637. The molecule has 0 saturated carbocycles. The largest absolute Gasteiger partial charge is 0.573 e.